The summed E-state index contributed by atoms with van der Waals surface area (Å²) in [4.78, 5) is 11.5. The first-order valence-electron chi connectivity index (χ1n) is 5.16. The molecule has 0 spiro atoms. The summed E-state index contributed by atoms with van der Waals surface area (Å²) in [6, 6.07) is 0. The van der Waals surface area contributed by atoms with Crippen molar-refractivity contribution in [1.82, 2.24) is 5.32 Å². The predicted octanol–water partition coefficient (Wildman–Crippen LogP) is 0.513. The molecule has 0 rings (SSSR count). The van der Waals surface area contributed by atoms with Crippen LogP contribution in [0.15, 0.2) is 0 Å². The number of carbonyl (C=O) groups is 1. The van der Waals surface area contributed by atoms with Gasteiger partial charge in [-0.15, -0.1) is 0 Å². The molecule has 0 aliphatic rings. The van der Waals surface area contributed by atoms with Gasteiger partial charge in [0.1, 0.15) is 0 Å². The van der Waals surface area contributed by atoms with Crippen LogP contribution in [-0.2, 0) is 9.53 Å². The lowest BCUT2D eigenvalue weighted by molar-refractivity contribution is -0.125. The van der Waals surface area contributed by atoms with Crippen molar-refractivity contribution in [2.24, 2.45) is 11.7 Å². The van der Waals surface area contributed by atoms with Crippen LogP contribution >= 0.6 is 0 Å². The monoisotopic (exact) mass is 202 g/mol. The highest BCUT2D eigenvalue weighted by Crippen LogP contribution is 2.04. The molecule has 3 N–H and O–H groups in total. The molecule has 4 nitrogen and oxygen atoms in total. The molecule has 14 heavy (non-hydrogen) atoms. The first-order chi connectivity index (χ1) is 6.65. The van der Waals surface area contributed by atoms with Crippen molar-refractivity contribution in [2.75, 3.05) is 20.2 Å². The van der Waals surface area contributed by atoms with E-state index in [0.717, 1.165) is 12.8 Å². The lowest BCUT2D eigenvalue weighted by Crippen LogP contribution is -2.38. The van der Waals surface area contributed by atoms with Crippen LogP contribution in [0.1, 0.15) is 26.7 Å². The summed E-state index contributed by atoms with van der Waals surface area (Å²) < 4.78 is 5.03. The summed E-state index contributed by atoms with van der Waals surface area (Å²) >= 11 is 0. The topological polar surface area (TPSA) is 64.4 Å². The summed E-state index contributed by atoms with van der Waals surface area (Å²) in [6.45, 7) is 4.93. The lowest BCUT2D eigenvalue weighted by Gasteiger charge is -2.16. The Labute approximate surface area is 86.2 Å². The summed E-state index contributed by atoms with van der Waals surface area (Å²) in [5.41, 5.74) is 5.51. The molecule has 0 radical (unpaired) electrons. The largest absolute Gasteiger partial charge is 0.380 e. The van der Waals surface area contributed by atoms with E-state index in [1.165, 1.54) is 0 Å². The van der Waals surface area contributed by atoms with Gasteiger partial charge in [-0.1, -0.05) is 13.3 Å². The molecule has 0 fully saturated rings. The molecule has 0 aliphatic heterocycles. The second-order valence-corrected chi connectivity index (χ2v) is 3.51. The first kappa shape index (κ1) is 13.4. The number of methoxy groups -OCH3 is 1. The summed E-state index contributed by atoms with van der Waals surface area (Å²) in [6.07, 6.45) is 1.89. The van der Waals surface area contributed by atoms with Gasteiger partial charge in [0.15, 0.2) is 0 Å². The Hall–Kier alpha value is -0.610. The van der Waals surface area contributed by atoms with Gasteiger partial charge in [-0.25, -0.2) is 0 Å². The molecule has 0 saturated heterocycles. The zero-order valence-electron chi connectivity index (χ0n) is 9.38. The summed E-state index contributed by atoms with van der Waals surface area (Å²) in [5.74, 6) is -0.0118. The molecule has 1 amide bonds. The van der Waals surface area contributed by atoms with Gasteiger partial charge in [0, 0.05) is 20.2 Å². The highest BCUT2D eigenvalue weighted by Gasteiger charge is 2.15. The number of nitrogens with one attached hydrogen (secondary N) is 1. The van der Waals surface area contributed by atoms with E-state index in [1.807, 2.05) is 13.8 Å². The fourth-order valence-corrected chi connectivity index (χ4v) is 1.18. The molecule has 0 heterocycles. The van der Waals surface area contributed by atoms with E-state index in [2.05, 4.69) is 5.32 Å². The molecular formula is C10H22N2O2. The molecule has 84 valence electrons. The van der Waals surface area contributed by atoms with Crippen molar-refractivity contribution in [3.05, 3.63) is 0 Å². The molecule has 0 aromatic carbocycles. The smallest absolute Gasteiger partial charge is 0.224 e. The average Bonchev–Trinajstić information content (AvgIpc) is 2.21. The fourth-order valence-electron chi connectivity index (χ4n) is 1.18. The Morgan fingerprint density at radius 1 is 1.57 bits per heavy atom. The molecule has 0 saturated carbocycles. The van der Waals surface area contributed by atoms with Crippen molar-refractivity contribution in [1.29, 1.82) is 0 Å². The summed E-state index contributed by atoms with van der Waals surface area (Å²) in [5, 5.41) is 2.83. The van der Waals surface area contributed by atoms with Gasteiger partial charge >= 0.3 is 0 Å². The van der Waals surface area contributed by atoms with E-state index in [4.69, 9.17) is 10.5 Å². The maximum atomic E-state index is 11.5. The third kappa shape index (κ3) is 5.19. The Morgan fingerprint density at radius 2 is 2.21 bits per heavy atom. The third-order valence-electron chi connectivity index (χ3n) is 2.26. The fraction of sp³-hybridized carbons (Fsp3) is 0.900. The van der Waals surface area contributed by atoms with E-state index >= 15 is 0 Å². The maximum Gasteiger partial charge on any atom is 0.224 e. The van der Waals surface area contributed by atoms with E-state index < -0.39 is 0 Å². The number of nitrogens with two attached hydrogens (primary N) is 1. The van der Waals surface area contributed by atoms with E-state index in [1.54, 1.807) is 7.11 Å². The third-order valence-corrected chi connectivity index (χ3v) is 2.26. The molecule has 0 aromatic heterocycles. The highest BCUT2D eigenvalue weighted by molar-refractivity contribution is 5.78. The minimum absolute atomic E-state index is 0.0400. The van der Waals surface area contributed by atoms with Crippen LogP contribution in [0.5, 0.6) is 0 Å². The molecule has 2 unspecified atom stereocenters. The Balaban J connectivity index is 3.80. The molecule has 4 heteroatoms. The SMILES string of the molecule is CCCC(CN)C(=O)NCC(C)OC. The Kier molecular flexibility index (Phi) is 7.42. The molecule has 2 atom stereocenters. The maximum absolute atomic E-state index is 11.5. The van der Waals surface area contributed by atoms with Crippen LogP contribution in [0.2, 0.25) is 0 Å². The van der Waals surface area contributed by atoms with Gasteiger partial charge in [0.25, 0.3) is 0 Å². The number of hydrogen-bond donors (Lipinski definition) is 2. The zero-order chi connectivity index (χ0) is 11.0. The number of amides is 1. The first-order valence-corrected chi connectivity index (χ1v) is 5.16. The van der Waals surface area contributed by atoms with Crippen molar-refractivity contribution in [3.8, 4) is 0 Å². The molecule has 0 aliphatic carbocycles. The van der Waals surface area contributed by atoms with Crippen LogP contribution in [0.4, 0.5) is 0 Å². The average molecular weight is 202 g/mol. The van der Waals surface area contributed by atoms with Crippen LogP contribution in [0.25, 0.3) is 0 Å². The standard InChI is InChI=1S/C10H22N2O2/c1-4-5-9(6-11)10(13)12-7-8(2)14-3/h8-9H,4-7,11H2,1-3H3,(H,12,13). The van der Waals surface area contributed by atoms with Gasteiger partial charge in [-0.2, -0.15) is 0 Å². The van der Waals surface area contributed by atoms with E-state index in [-0.39, 0.29) is 17.9 Å². The van der Waals surface area contributed by atoms with Gasteiger partial charge < -0.3 is 15.8 Å². The normalized spacial score (nSPS) is 14.9. The van der Waals surface area contributed by atoms with Crippen LogP contribution in [0.3, 0.4) is 0 Å². The minimum Gasteiger partial charge on any atom is -0.380 e. The lowest BCUT2D eigenvalue weighted by atomic mass is 10.0. The van der Waals surface area contributed by atoms with Crippen LogP contribution in [0, 0.1) is 5.92 Å². The number of ether oxygens (including phenoxy) is 1. The minimum atomic E-state index is -0.0518. The zero-order valence-corrected chi connectivity index (χ0v) is 9.38. The predicted molar refractivity (Wildman–Crippen MR) is 56.9 cm³/mol. The summed E-state index contributed by atoms with van der Waals surface area (Å²) in [7, 11) is 1.63. The second kappa shape index (κ2) is 7.76. The molecule has 0 bridgehead atoms. The van der Waals surface area contributed by atoms with Gasteiger partial charge in [-0.3, -0.25) is 4.79 Å². The highest BCUT2D eigenvalue weighted by atomic mass is 16.5. The van der Waals surface area contributed by atoms with Gasteiger partial charge in [-0.05, 0) is 13.3 Å². The second-order valence-electron chi connectivity index (χ2n) is 3.51. The van der Waals surface area contributed by atoms with Crippen molar-refractivity contribution >= 4 is 5.91 Å². The van der Waals surface area contributed by atoms with Crippen LogP contribution in [-0.4, -0.2) is 32.2 Å². The van der Waals surface area contributed by atoms with E-state index in [0.29, 0.717) is 13.1 Å². The van der Waals surface area contributed by atoms with Crippen molar-refractivity contribution in [2.45, 2.75) is 32.8 Å². The number of rotatable bonds is 7. The number of carbonyl (C=O) groups excluding carboxylic acids is 1. The Bertz CT molecular complexity index is 162. The van der Waals surface area contributed by atoms with Gasteiger partial charge in [0.2, 0.25) is 5.91 Å². The van der Waals surface area contributed by atoms with E-state index in [9.17, 15) is 4.79 Å². The Morgan fingerprint density at radius 3 is 2.64 bits per heavy atom. The number of hydrogen-bond acceptors (Lipinski definition) is 3. The van der Waals surface area contributed by atoms with Gasteiger partial charge in [0.05, 0.1) is 12.0 Å². The molecule has 0 aromatic rings. The molecular weight excluding hydrogens is 180 g/mol. The van der Waals surface area contributed by atoms with Crippen LogP contribution < -0.4 is 11.1 Å². The van der Waals surface area contributed by atoms with Crippen molar-refractivity contribution < 1.29 is 9.53 Å². The quantitative estimate of drug-likeness (QED) is 0.632. The van der Waals surface area contributed by atoms with Crippen molar-refractivity contribution in [3.63, 3.8) is 0 Å².